The Morgan fingerprint density at radius 3 is 2.45 bits per heavy atom. The third-order valence-corrected chi connectivity index (χ3v) is 4.52. The summed E-state index contributed by atoms with van der Waals surface area (Å²) >= 11 is 1.80. The molecule has 0 spiro atoms. The third kappa shape index (κ3) is 3.42. The number of rotatable bonds is 4. The molecule has 0 saturated heterocycles. The van der Waals surface area contributed by atoms with Gasteiger partial charge in [-0.1, -0.05) is 23.8 Å². The molecular weight excluding hydrogens is 268 g/mol. The molecule has 0 aromatic heterocycles. The average molecular weight is 286 g/mol. The van der Waals surface area contributed by atoms with E-state index in [1.54, 1.807) is 23.9 Å². The Balaban J connectivity index is 2.15. The zero-order valence-corrected chi connectivity index (χ0v) is 12.8. The fraction of sp³-hybridized carbons (Fsp3) is 0.235. The molecule has 0 saturated carbocycles. The number of carboxylic acid groups (broad SMARTS) is 1. The van der Waals surface area contributed by atoms with Crippen LogP contribution in [0.1, 0.15) is 32.6 Å². The van der Waals surface area contributed by atoms with Gasteiger partial charge in [0, 0.05) is 10.6 Å². The molecule has 0 aliphatic carbocycles. The Hall–Kier alpha value is -1.74. The molecule has 0 amide bonds. The first-order valence-electron chi connectivity index (χ1n) is 6.50. The molecule has 2 rings (SSSR count). The van der Waals surface area contributed by atoms with E-state index in [0.717, 1.165) is 11.3 Å². The van der Waals surface area contributed by atoms with Gasteiger partial charge in [0.15, 0.2) is 0 Å². The zero-order chi connectivity index (χ0) is 14.7. The Labute approximate surface area is 123 Å². The smallest absolute Gasteiger partial charge is 0.335 e. The first kappa shape index (κ1) is 14.7. The Kier molecular flexibility index (Phi) is 4.50. The molecule has 1 N–H and O–H groups in total. The minimum Gasteiger partial charge on any atom is -0.478 e. The van der Waals surface area contributed by atoms with Crippen molar-refractivity contribution in [3.8, 4) is 0 Å². The second-order valence-electron chi connectivity index (χ2n) is 5.00. The van der Waals surface area contributed by atoms with Crippen LogP contribution in [-0.2, 0) is 5.75 Å². The van der Waals surface area contributed by atoms with E-state index in [2.05, 4.69) is 32.0 Å². The summed E-state index contributed by atoms with van der Waals surface area (Å²) in [7, 11) is 0. The fourth-order valence-corrected chi connectivity index (χ4v) is 3.21. The number of aromatic carboxylic acids is 1. The molecular formula is C17H18O2S. The molecule has 2 nitrogen and oxygen atoms in total. The summed E-state index contributed by atoms with van der Waals surface area (Å²) in [6.45, 7) is 6.17. The highest BCUT2D eigenvalue weighted by Gasteiger charge is 2.07. The van der Waals surface area contributed by atoms with Crippen LogP contribution in [0.5, 0.6) is 0 Å². The molecule has 0 bridgehead atoms. The normalized spacial score (nSPS) is 10.6. The highest BCUT2D eigenvalue weighted by atomic mass is 32.2. The zero-order valence-electron chi connectivity index (χ0n) is 11.9. The van der Waals surface area contributed by atoms with Gasteiger partial charge in [-0.05, 0) is 55.7 Å². The van der Waals surface area contributed by atoms with Gasteiger partial charge in [0.25, 0.3) is 0 Å². The van der Waals surface area contributed by atoms with Crippen LogP contribution in [0.2, 0.25) is 0 Å². The maximum Gasteiger partial charge on any atom is 0.335 e. The second-order valence-corrected chi connectivity index (χ2v) is 6.02. The maximum atomic E-state index is 10.9. The number of aryl methyl sites for hydroxylation is 3. The van der Waals surface area contributed by atoms with Gasteiger partial charge in [-0.2, -0.15) is 0 Å². The van der Waals surface area contributed by atoms with Crippen LogP contribution in [0.15, 0.2) is 41.3 Å². The van der Waals surface area contributed by atoms with Gasteiger partial charge in [0.05, 0.1) is 5.56 Å². The van der Waals surface area contributed by atoms with E-state index in [0.29, 0.717) is 5.56 Å². The summed E-state index contributed by atoms with van der Waals surface area (Å²) in [5, 5.41) is 8.97. The van der Waals surface area contributed by atoms with Crippen molar-refractivity contribution in [2.45, 2.75) is 31.4 Å². The van der Waals surface area contributed by atoms with E-state index < -0.39 is 5.97 Å². The van der Waals surface area contributed by atoms with Crippen LogP contribution in [0.4, 0.5) is 0 Å². The lowest BCUT2D eigenvalue weighted by Crippen LogP contribution is -1.98. The number of hydrogen-bond acceptors (Lipinski definition) is 2. The summed E-state index contributed by atoms with van der Waals surface area (Å²) < 4.78 is 0. The van der Waals surface area contributed by atoms with Crippen LogP contribution in [0.3, 0.4) is 0 Å². The van der Waals surface area contributed by atoms with Crippen molar-refractivity contribution in [1.29, 1.82) is 0 Å². The first-order valence-corrected chi connectivity index (χ1v) is 7.49. The van der Waals surface area contributed by atoms with Crippen LogP contribution < -0.4 is 0 Å². The van der Waals surface area contributed by atoms with Gasteiger partial charge < -0.3 is 5.11 Å². The van der Waals surface area contributed by atoms with Crippen molar-refractivity contribution in [2.24, 2.45) is 0 Å². The second kappa shape index (κ2) is 6.14. The van der Waals surface area contributed by atoms with Crippen LogP contribution in [0, 0.1) is 20.8 Å². The molecule has 0 radical (unpaired) electrons. The molecule has 0 aliphatic heterocycles. The highest BCUT2D eigenvalue weighted by Crippen LogP contribution is 2.28. The molecule has 2 aromatic rings. The van der Waals surface area contributed by atoms with Gasteiger partial charge in [-0.3, -0.25) is 0 Å². The van der Waals surface area contributed by atoms with Crippen molar-refractivity contribution in [1.82, 2.24) is 0 Å². The van der Waals surface area contributed by atoms with E-state index in [-0.39, 0.29) is 0 Å². The summed E-state index contributed by atoms with van der Waals surface area (Å²) in [5.74, 6) is -0.0161. The van der Waals surface area contributed by atoms with Gasteiger partial charge in [0.2, 0.25) is 0 Å². The first-order chi connectivity index (χ1) is 9.47. The van der Waals surface area contributed by atoms with E-state index in [4.69, 9.17) is 5.11 Å². The minimum absolute atomic E-state index is 0.350. The lowest BCUT2D eigenvalue weighted by molar-refractivity contribution is 0.0697. The maximum absolute atomic E-state index is 10.9. The van der Waals surface area contributed by atoms with Crippen molar-refractivity contribution in [3.63, 3.8) is 0 Å². The van der Waals surface area contributed by atoms with Crippen LogP contribution in [0.25, 0.3) is 0 Å². The van der Waals surface area contributed by atoms with Gasteiger partial charge in [0.1, 0.15) is 0 Å². The highest BCUT2D eigenvalue weighted by molar-refractivity contribution is 7.98. The molecule has 2 aromatic carbocycles. The van der Waals surface area contributed by atoms with Gasteiger partial charge >= 0.3 is 5.97 Å². The summed E-state index contributed by atoms with van der Waals surface area (Å²) in [4.78, 5) is 12.2. The lowest BCUT2D eigenvalue weighted by Gasteiger charge is -2.09. The Morgan fingerprint density at radius 2 is 1.80 bits per heavy atom. The van der Waals surface area contributed by atoms with E-state index in [1.165, 1.54) is 21.6 Å². The number of thioether (sulfide) groups is 1. The topological polar surface area (TPSA) is 37.3 Å². The van der Waals surface area contributed by atoms with Crippen molar-refractivity contribution >= 4 is 17.7 Å². The monoisotopic (exact) mass is 286 g/mol. The number of hydrogen-bond donors (Lipinski definition) is 1. The van der Waals surface area contributed by atoms with E-state index >= 15 is 0 Å². The van der Waals surface area contributed by atoms with E-state index in [9.17, 15) is 4.79 Å². The minimum atomic E-state index is -0.873. The lowest BCUT2D eigenvalue weighted by atomic mass is 10.1. The number of carbonyl (C=O) groups is 1. The summed E-state index contributed by atoms with van der Waals surface area (Å²) in [5.41, 5.74) is 5.10. The van der Waals surface area contributed by atoms with Gasteiger partial charge in [-0.15, -0.1) is 11.8 Å². The third-order valence-electron chi connectivity index (χ3n) is 3.32. The Bertz CT molecular complexity index is 647. The molecule has 104 valence electrons. The molecule has 0 heterocycles. The largest absolute Gasteiger partial charge is 0.478 e. The molecule has 0 fully saturated rings. The quantitative estimate of drug-likeness (QED) is 0.834. The van der Waals surface area contributed by atoms with Crippen molar-refractivity contribution in [3.05, 3.63) is 64.2 Å². The predicted molar refractivity (Wildman–Crippen MR) is 83.6 cm³/mol. The number of carboxylic acids is 1. The molecule has 3 heteroatoms. The average Bonchev–Trinajstić information content (AvgIpc) is 2.40. The molecule has 0 aliphatic rings. The number of benzene rings is 2. The summed E-state index contributed by atoms with van der Waals surface area (Å²) in [6, 6.07) is 11.8. The van der Waals surface area contributed by atoms with E-state index in [1.807, 2.05) is 13.0 Å². The predicted octanol–water partition coefficient (Wildman–Crippen LogP) is 4.60. The SMILES string of the molecule is Cc1ccc(C)c(SCc2ccc(C(=O)O)cc2C)c1. The molecule has 0 atom stereocenters. The van der Waals surface area contributed by atoms with Crippen LogP contribution >= 0.6 is 11.8 Å². The molecule has 20 heavy (non-hydrogen) atoms. The van der Waals surface area contributed by atoms with Crippen LogP contribution in [-0.4, -0.2) is 11.1 Å². The van der Waals surface area contributed by atoms with Crippen molar-refractivity contribution in [2.75, 3.05) is 0 Å². The fourth-order valence-electron chi connectivity index (χ4n) is 2.01. The standard InChI is InChI=1S/C17H18O2S/c1-11-4-5-12(2)16(8-11)20-10-15-7-6-14(17(18)19)9-13(15)3/h4-9H,10H2,1-3H3,(H,18,19). The Morgan fingerprint density at radius 1 is 1.05 bits per heavy atom. The van der Waals surface area contributed by atoms with Crippen molar-refractivity contribution < 1.29 is 9.90 Å². The summed E-state index contributed by atoms with van der Waals surface area (Å²) in [6.07, 6.45) is 0. The van der Waals surface area contributed by atoms with Gasteiger partial charge in [-0.25, -0.2) is 4.79 Å². The molecule has 0 unspecified atom stereocenters.